The van der Waals surface area contributed by atoms with Gasteiger partial charge < -0.3 is 5.73 Å². The Morgan fingerprint density at radius 3 is 2.80 bits per heavy atom. The van der Waals surface area contributed by atoms with Crippen molar-refractivity contribution in [1.82, 2.24) is 4.90 Å². The Hall–Kier alpha value is 0.270. The van der Waals surface area contributed by atoms with Gasteiger partial charge in [-0.15, -0.1) is 0 Å². The highest BCUT2D eigenvalue weighted by molar-refractivity contribution is 7.99. The first kappa shape index (κ1) is 11.7. The minimum atomic E-state index is 0.185. The van der Waals surface area contributed by atoms with E-state index < -0.39 is 0 Å². The van der Waals surface area contributed by atoms with E-state index in [4.69, 9.17) is 5.73 Å². The summed E-state index contributed by atoms with van der Waals surface area (Å²) in [5, 5.41) is 0. The van der Waals surface area contributed by atoms with Gasteiger partial charge in [0.15, 0.2) is 0 Å². The standard InChI is InChI=1S/C12H24N2S/c1-11-10-15-9-8-14(11)7-6-12(13)4-2-3-5-12/h11H,2-10,13H2,1H3. The van der Waals surface area contributed by atoms with Crippen molar-refractivity contribution in [2.75, 3.05) is 24.6 Å². The van der Waals surface area contributed by atoms with Crippen LogP contribution in [0.5, 0.6) is 0 Å². The lowest BCUT2D eigenvalue weighted by Crippen LogP contribution is -2.45. The van der Waals surface area contributed by atoms with Crippen molar-refractivity contribution >= 4 is 11.8 Å². The molecule has 2 aliphatic rings. The molecule has 88 valence electrons. The minimum Gasteiger partial charge on any atom is -0.325 e. The molecule has 0 spiro atoms. The predicted octanol–water partition coefficient (Wildman–Crippen LogP) is 2.09. The molecule has 1 unspecified atom stereocenters. The zero-order chi connectivity index (χ0) is 10.7. The smallest absolute Gasteiger partial charge is 0.0166 e. The molecule has 2 N–H and O–H groups in total. The monoisotopic (exact) mass is 228 g/mol. The Kier molecular flexibility index (Phi) is 3.97. The van der Waals surface area contributed by atoms with E-state index in [2.05, 4.69) is 23.6 Å². The average molecular weight is 228 g/mol. The summed E-state index contributed by atoms with van der Waals surface area (Å²) in [6.07, 6.45) is 6.42. The van der Waals surface area contributed by atoms with Crippen LogP contribution in [0.2, 0.25) is 0 Å². The molecule has 0 aromatic heterocycles. The molecule has 1 aliphatic heterocycles. The maximum absolute atomic E-state index is 6.39. The van der Waals surface area contributed by atoms with Crippen molar-refractivity contribution in [3.8, 4) is 0 Å². The van der Waals surface area contributed by atoms with Gasteiger partial charge in [0.25, 0.3) is 0 Å². The van der Waals surface area contributed by atoms with Gasteiger partial charge in [0.05, 0.1) is 0 Å². The van der Waals surface area contributed by atoms with Crippen molar-refractivity contribution in [1.29, 1.82) is 0 Å². The Labute approximate surface area is 98.0 Å². The molecule has 1 aliphatic carbocycles. The molecule has 2 fully saturated rings. The summed E-state index contributed by atoms with van der Waals surface area (Å²) >= 11 is 2.09. The van der Waals surface area contributed by atoms with E-state index in [-0.39, 0.29) is 5.54 Å². The van der Waals surface area contributed by atoms with E-state index >= 15 is 0 Å². The van der Waals surface area contributed by atoms with Gasteiger partial charge in [0, 0.05) is 36.2 Å². The number of hydrogen-bond donors (Lipinski definition) is 1. The summed E-state index contributed by atoms with van der Waals surface area (Å²) in [5.74, 6) is 2.61. The zero-order valence-corrected chi connectivity index (χ0v) is 10.7. The minimum absolute atomic E-state index is 0.185. The van der Waals surface area contributed by atoms with Crippen molar-refractivity contribution in [3.63, 3.8) is 0 Å². The van der Waals surface area contributed by atoms with Crippen LogP contribution in [0.3, 0.4) is 0 Å². The van der Waals surface area contributed by atoms with Gasteiger partial charge in [-0.05, 0) is 26.2 Å². The second-order valence-corrected chi connectivity index (χ2v) is 6.43. The fourth-order valence-electron chi connectivity index (χ4n) is 2.79. The quantitative estimate of drug-likeness (QED) is 0.802. The lowest BCUT2D eigenvalue weighted by molar-refractivity contribution is 0.206. The van der Waals surface area contributed by atoms with E-state index in [9.17, 15) is 0 Å². The van der Waals surface area contributed by atoms with Crippen molar-refractivity contribution < 1.29 is 0 Å². The maximum atomic E-state index is 6.39. The van der Waals surface area contributed by atoms with E-state index in [0.29, 0.717) is 0 Å². The summed E-state index contributed by atoms with van der Waals surface area (Å²) in [6, 6.07) is 0.758. The first-order chi connectivity index (χ1) is 7.20. The largest absolute Gasteiger partial charge is 0.325 e. The Balaban J connectivity index is 1.76. The summed E-state index contributed by atoms with van der Waals surface area (Å²) in [6.45, 7) is 4.84. The lowest BCUT2D eigenvalue weighted by Gasteiger charge is -2.35. The number of rotatable bonds is 3. The third kappa shape index (κ3) is 3.11. The molecule has 1 heterocycles. The molecule has 0 amide bonds. The summed E-state index contributed by atoms with van der Waals surface area (Å²) in [4.78, 5) is 2.63. The van der Waals surface area contributed by atoms with Crippen LogP contribution in [0.4, 0.5) is 0 Å². The number of nitrogens with two attached hydrogens (primary N) is 1. The molecule has 15 heavy (non-hydrogen) atoms. The molecule has 1 saturated carbocycles. The van der Waals surface area contributed by atoms with Crippen LogP contribution in [0.15, 0.2) is 0 Å². The molecule has 0 aromatic carbocycles. The molecule has 1 saturated heterocycles. The third-order valence-corrected chi connectivity index (χ3v) is 5.19. The average Bonchev–Trinajstić information content (AvgIpc) is 2.65. The molecule has 0 aromatic rings. The summed E-state index contributed by atoms with van der Waals surface area (Å²) in [7, 11) is 0. The van der Waals surface area contributed by atoms with Crippen LogP contribution in [0.1, 0.15) is 39.0 Å². The highest BCUT2D eigenvalue weighted by atomic mass is 32.2. The van der Waals surface area contributed by atoms with Gasteiger partial charge in [0.1, 0.15) is 0 Å². The Morgan fingerprint density at radius 2 is 2.13 bits per heavy atom. The van der Waals surface area contributed by atoms with Gasteiger partial charge in [-0.1, -0.05) is 12.8 Å². The molecule has 0 radical (unpaired) electrons. The normalized spacial score (nSPS) is 32.0. The SMILES string of the molecule is CC1CSCCN1CCC1(N)CCCC1. The number of nitrogens with zero attached hydrogens (tertiary/aromatic N) is 1. The van der Waals surface area contributed by atoms with Gasteiger partial charge in [-0.2, -0.15) is 11.8 Å². The first-order valence-corrected chi connectivity index (χ1v) is 7.46. The van der Waals surface area contributed by atoms with Gasteiger partial charge in [-0.25, -0.2) is 0 Å². The van der Waals surface area contributed by atoms with E-state index in [0.717, 1.165) is 6.04 Å². The first-order valence-electron chi connectivity index (χ1n) is 6.30. The van der Waals surface area contributed by atoms with Crippen LogP contribution in [-0.4, -0.2) is 41.1 Å². The summed E-state index contributed by atoms with van der Waals surface area (Å²) < 4.78 is 0. The molecule has 1 atom stereocenters. The fourth-order valence-corrected chi connectivity index (χ4v) is 3.87. The van der Waals surface area contributed by atoms with Crippen LogP contribution < -0.4 is 5.73 Å². The topological polar surface area (TPSA) is 29.3 Å². The molecule has 3 heteroatoms. The van der Waals surface area contributed by atoms with Crippen molar-refractivity contribution in [2.45, 2.75) is 50.6 Å². The van der Waals surface area contributed by atoms with Gasteiger partial charge in [-0.3, -0.25) is 4.90 Å². The van der Waals surface area contributed by atoms with Crippen molar-refractivity contribution in [3.05, 3.63) is 0 Å². The molecule has 2 rings (SSSR count). The highest BCUT2D eigenvalue weighted by Gasteiger charge is 2.30. The number of hydrogen-bond acceptors (Lipinski definition) is 3. The van der Waals surface area contributed by atoms with Gasteiger partial charge >= 0.3 is 0 Å². The molecular weight excluding hydrogens is 204 g/mol. The predicted molar refractivity (Wildman–Crippen MR) is 68.4 cm³/mol. The van der Waals surface area contributed by atoms with Gasteiger partial charge in [0.2, 0.25) is 0 Å². The number of thioether (sulfide) groups is 1. The fraction of sp³-hybridized carbons (Fsp3) is 1.00. The Morgan fingerprint density at radius 1 is 1.40 bits per heavy atom. The second-order valence-electron chi connectivity index (χ2n) is 5.28. The summed E-state index contributed by atoms with van der Waals surface area (Å²) in [5.41, 5.74) is 6.57. The maximum Gasteiger partial charge on any atom is 0.0166 e. The van der Waals surface area contributed by atoms with Crippen LogP contribution in [0.25, 0.3) is 0 Å². The van der Waals surface area contributed by atoms with Crippen LogP contribution >= 0.6 is 11.8 Å². The third-order valence-electron chi connectivity index (χ3n) is 4.00. The van der Waals surface area contributed by atoms with E-state index in [1.165, 1.54) is 56.7 Å². The van der Waals surface area contributed by atoms with Crippen LogP contribution in [-0.2, 0) is 0 Å². The van der Waals surface area contributed by atoms with Crippen LogP contribution in [0, 0.1) is 0 Å². The Bertz CT molecular complexity index is 202. The van der Waals surface area contributed by atoms with Crippen molar-refractivity contribution in [2.24, 2.45) is 5.73 Å². The molecular formula is C12H24N2S. The van der Waals surface area contributed by atoms with E-state index in [1.54, 1.807) is 0 Å². The lowest BCUT2D eigenvalue weighted by atomic mass is 9.94. The van der Waals surface area contributed by atoms with E-state index in [1.807, 2.05) is 0 Å². The molecule has 0 bridgehead atoms. The second kappa shape index (κ2) is 5.07. The highest BCUT2D eigenvalue weighted by Crippen LogP contribution is 2.30. The molecule has 2 nitrogen and oxygen atoms in total. The zero-order valence-electron chi connectivity index (χ0n) is 9.87.